The normalized spacial score (nSPS) is 21.6. The number of fused-ring (bicyclic) bond motifs is 1. The second-order valence-electron chi connectivity index (χ2n) is 7.29. The zero-order valence-corrected chi connectivity index (χ0v) is 15.2. The number of ether oxygens (including phenoxy) is 2. The topological polar surface area (TPSA) is 50.8 Å². The summed E-state index contributed by atoms with van der Waals surface area (Å²) < 4.78 is 11.5. The van der Waals surface area contributed by atoms with E-state index in [2.05, 4.69) is 10.2 Å². The minimum absolute atomic E-state index is 0.171. The third-order valence-electron chi connectivity index (χ3n) is 5.15. The predicted octanol–water partition coefficient (Wildman–Crippen LogP) is 2.99. The van der Waals surface area contributed by atoms with Crippen molar-refractivity contribution in [2.45, 2.75) is 44.7 Å². The van der Waals surface area contributed by atoms with Gasteiger partial charge < -0.3 is 14.8 Å². The minimum atomic E-state index is 0.171. The number of likely N-dealkylation sites (tertiary alicyclic amines) is 1. The Bertz CT molecular complexity index is 640. The fraction of sp³-hybridized carbons (Fsp3) is 0.632. The zero-order chi connectivity index (χ0) is 17.2. The maximum absolute atomic E-state index is 12.2. The number of piperidine rings is 1. The van der Waals surface area contributed by atoms with Crippen molar-refractivity contribution in [3.05, 3.63) is 22.7 Å². The Hall–Kier alpha value is -1.46. The molecule has 4 rings (SSSR count). The predicted molar refractivity (Wildman–Crippen MR) is 96.2 cm³/mol. The van der Waals surface area contributed by atoms with Crippen LogP contribution in [0.15, 0.2) is 12.1 Å². The van der Waals surface area contributed by atoms with Crippen LogP contribution in [0.25, 0.3) is 0 Å². The summed E-state index contributed by atoms with van der Waals surface area (Å²) >= 11 is 6.38. The van der Waals surface area contributed by atoms with Crippen LogP contribution in [-0.2, 0) is 11.3 Å². The number of halogens is 1. The van der Waals surface area contributed by atoms with E-state index in [4.69, 9.17) is 21.1 Å². The Labute approximate surface area is 153 Å². The van der Waals surface area contributed by atoms with Gasteiger partial charge in [0.25, 0.3) is 0 Å². The van der Waals surface area contributed by atoms with Crippen molar-refractivity contribution in [2.75, 3.05) is 26.3 Å². The van der Waals surface area contributed by atoms with E-state index in [0.29, 0.717) is 30.0 Å². The molecule has 136 valence electrons. The van der Waals surface area contributed by atoms with Gasteiger partial charge in [0.2, 0.25) is 5.91 Å². The summed E-state index contributed by atoms with van der Waals surface area (Å²) in [7, 11) is 0. The molecule has 0 bridgehead atoms. The van der Waals surface area contributed by atoms with Crippen molar-refractivity contribution in [3.8, 4) is 11.5 Å². The number of benzene rings is 1. The van der Waals surface area contributed by atoms with Crippen molar-refractivity contribution in [1.82, 2.24) is 10.2 Å². The molecule has 2 heterocycles. The Balaban J connectivity index is 1.34. The molecule has 1 aliphatic carbocycles. The maximum atomic E-state index is 12.2. The molecule has 1 aromatic carbocycles. The summed E-state index contributed by atoms with van der Waals surface area (Å²) in [4.78, 5) is 14.6. The lowest BCUT2D eigenvalue weighted by atomic mass is 9.95. The molecule has 0 aromatic heterocycles. The van der Waals surface area contributed by atoms with Crippen LogP contribution < -0.4 is 14.8 Å². The quantitative estimate of drug-likeness (QED) is 0.892. The van der Waals surface area contributed by atoms with E-state index in [-0.39, 0.29) is 11.8 Å². The average molecular weight is 365 g/mol. The summed E-state index contributed by atoms with van der Waals surface area (Å²) in [6.07, 6.45) is 5.02. The number of carbonyl (C=O) groups excluding carboxylic acids is 1. The summed E-state index contributed by atoms with van der Waals surface area (Å²) in [5.74, 6) is 1.84. The molecule has 1 aromatic rings. The van der Waals surface area contributed by atoms with Gasteiger partial charge in [0.15, 0.2) is 11.5 Å². The van der Waals surface area contributed by atoms with E-state index in [1.54, 1.807) is 0 Å². The van der Waals surface area contributed by atoms with Gasteiger partial charge in [-0.15, -0.1) is 0 Å². The van der Waals surface area contributed by atoms with Crippen molar-refractivity contribution >= 4 is 17.5 Å². The monoisotopic (exact) mass is 364 g/mol. The summed E-state index contributed by atoms with van der Waals surface area (Å²) in [6.45, 7) is 4.01. The highest BCUT2D eigenvalue weighted by Crippen LogP contribution is 2.38. The molecule has 0 spiro atoms. The van der Waals surface area contributed by atoms with E-state index in [9.17, 15) is 4.79 Å². The molecule has 25 heavy (non-hydrogen) atoms. The van der Waals surface area contributed by atoms with Crippen molar-refractivity contribution in [3.63, 3.8) is 0 Å². The molecule has 1 saturated heterocycles. The van der Waals surface area contributed by atoms with Crippen LogP contribution in [0, 0.1) is 5.92 Å². The molecule has 1 saturated carbocycles. The third-order valence-corrected chi connectivity index (χ3v) is 5.43. The number of carbonyl (C=O) groups is 1. The molecule has 0 unspecified atom stereocenters. The number of nitrogens with one attached hydrogen (secondary N) is 1. The summed E-state index contributed by atoms with van der Waals surface area (Å²) in [6, 6.07) is 4.47. The summed E-state index contributed by atoms with van der Waals surface area (Å²) in [5.41, 5.74) is 1.13. The van der Waals surface area contributed by atoms with E-state index in [1.807, 2.05) is 12.1 Å². The van der Waals surface area contributed by atoms with Crippen molar-refractivity contribution in [2.24, 2.45) is 5.92 Å². The maximum Gasteiger partial charge on any atom is 0.223 e. The number of nitrogens with zero attached hydrogens (tertiary/aromatic N) is 1. The Morgan fingerprint density at radius 3 is 2.68 bits per heavy atom. The van der Waals surface area contributed by atoms with Crippen LogP contribution in [-0.4, -0.2) is 43.2 Å². The van der Waals surface area contributed by atoms with E-state index in [1.165, 1.54) is 0 Å². The number of amides is 1. The lowest BCUT2D eigenvalue weighted by Crippen LogP contribution is -2.40. The molecule has 3 aliphatic rings. The Morgan fingerprint density at radius 1 is 1.16 bits per heavy atom. The molecule has 2 aliphatic heterocycles. The van der Waals surface area contributed by atoms with E-state index in [0.717, 1.165) is 63.1 Å². The fourth-order valence-electron chi connectivity index (χ4n) is 3.53. The highest BCUT2D eigenvalue weighted by molar-refractivity contribution is 6.32. The second-order valence-corrected chi connectivity index (χ2v) is 7.70. The van der Waals surface area contributed by atoms with Crippen LogP contribution in [0.1, 0.15) is 37.7 Å². The number of hydrogen-bond acceptors (Lipinski definition) is 4. The SMILES string of the molecule is O=C(NC1CC1)C1CCN(Cc2cc(Cl)c3c(c2)OCCCO3)CC1. The molecular formula is C19H25ClN2O3. The lowest BCUT2D eigenvalue weighted by Gasteiger charge is -2.31. The first kappa shape index (κ1) is 17.0. The first-order valence-electron chi connectivity index (χ1n) is 9.30. The van der Waals surface area contributed by atoms with Crippen LogP contribution in [0.4, 0.5) is 0 Å². The number of rotatable bonds is 4. The van der Waals surface area contributed by atoms with E-state index < -0.39 is 0 Å². The lowest BCUT2D eigenvalue weighted by molar-refractivity contribution is -0.126. The highest BCUT2D eigenvalue weighted by Gasteiger charge is 2.30. The van der Waals surface area contributed by atoms with Gasteiger partial charge in [0, 0.05) is 24.9 Å². The second kappa shape index (κ2) is 7.42. The molecular weight excluding hydrogens is 340 g/mol. The van der Waals surface area contributed by atoms with Crippen LogP contribution >= 0.6 is 11.6 Å². The standard InChI is InChI=1S/C19H25ClN2O3/c20-16-10-13(11-17-18(16)25-9-1-8-24-17)12-22-6-4-14(5-7-22)19(23)21-15-2-3-15/h10-11,14-15H,1-9,12H2,(H,21,23). The minimum Gasteiger partial charge on any atom is -0.489 e. The van der Waals surface area contributed by atoms with Gasteiger partial charge in [-0.1, -0.05) is 11.6 Å². The Kier molecular flexibility index (Phi) is 5.04. The molecule has 0 atom stereocenters. The first-order chi connectivity index (χ1) is 12.2. The highest BCUT2D eigenvalue weighted by atomic mass is 35.5. The molecule has 1 amide bonds. The molecule has 0 radical (unpaired) electrons. The summed E-state index contributed by atoms with van der Waals surface area (Å²) in [5, 5.41) is 3.75. The largest absolute Gasteiger partial charge is 0.489 e. The van der Waals surface area contributed by atoms with Crippen LogP contribution in [0.3, 0.4) is 0 Å². The number of hydrogen-bond donors (Lipinski definition) is 1. The van der Waals surface area contributed by atoms with Gasteiger partial charge >= 0.3 is 0 Å². The molecule has 1 N–H and O–H groups in total. The van der Waals surface area contributed by atoms with Gasteiger partial charge in [-0.3, -0.25) is 9.69 Å². The van der Waals surface area contributed by atoms with Crippen LogP contribution in [0.2, 0.25) is 5.02 Å². The fourth-order valence-corrected chi connectivity index (χ4v) is 3.82. The van der Waals surface area contributed by atoms with Crippen LogP contribution in [0.5, 0.6) is 11.5 Å². The molecule has 5 nitrogen and oxygen atoms in total. The van der Waals surface area contributed by atoms with Crippen molar-refractivity contribution in [1.29, 1.82) is 0 Å². The molecule has 6 heteroatoms. The Morgan fingerprint density at radius 2 is 1.92 bits per heavy atom. The average Bonchev–Trinajstić information content (AvgIpc) is 3.42. The zero-order valence-electron chi connectivity index (χ0n) is 14.4. The smallest absolute Gasteiger partial charge is 0.223 e. The van der Waals surface area contributed by atoms with Crippen molar-refractivity contribution < 1.29 is 14.3 Å². The van der Waals surface area contributed by atoms with Gasteiger partial charge in [0.1, 0.15) is 0 Å². The molecule has 2 fully saturated rings. The van der Waals surface area contributed by atoms with Gasteiger partial charge in [0.05, 0.1) is 18.2 Å². The van der Waals surface area contributed by atoms with Gasteiger partial charge in [-0.25, -0.2) is 0 Å². The third kappa shape index (κ3) is 4.21. The van der Waals surface area contributed by atoms with Gasteiger partial charge in [-0.2, -0.15) is 0 Å². The first-order valence-corrected chi connectivity index (χ1v) is 9.67. The van der Waals surface area contributed by atoms with Gasteiger partial charge in [-0.05, 0) is 56.5 Å². The van der Waals surface area contributed by atoms with E-state index >= 15 is 0 Å².